The third-order valence-corrected chi connectivity index (χ3v) is 22.3. The largest absolute Gasteiger partial charge is 0.507 e. The molecule has 1 heterocycles. The number of nitrogens with one attached hydrogen (secondary N) is 14. The van der Waals surface area contributed by atoms with Gasteiger partial charge in [-0.05, 0) is 62.8 Å². The maximum Gasteiger partial charge on any atom is 0.407 e. The van der Waals surface area contributed by atoms with Gasteiger partial charge < -0.3 is 145 Å². The molecular weight excluding hydrogens is 1750 g/mol. The predicted molar refractivity (Wildman–Crippen MR) is 445 cm³/mol. The molecule has 129 heavy (non-hydrogen) atoms. The smallest absolute Gasteiger partial charge is 0.407 e. The number of guanidine groups is 1. The number of carboxylic acid groups (broad SMARTS) is 4. The zero-order valence-electron chi connectivity index (χ0n) is 70.1. The molecule has 1 fully saturated rings. The topological polar surface area (TPSA) is 793 Å². The summed E-state index contributed by atoms with van der Waals surface area (Å²) in [5.74, 6) is -25.6. The first-order valence-corrected chi connectivity index (χ1v) is 42.1. The zero-order chi connectivity index (χ0) is 96.2. The van der Waals surface area contributed by atoms with Crippen LogP contribution in [0.1, 0.15) is 147 Å². The van der Waals surface area contributed by atoms with Gasteiger partial charge in [0.2, 0.25) is 70.8 Å². The second kappa shape index (κ2) is 48.6. The Kier molecular flexibility index (Phi) is 39.4. The summed E-state index contributed by atoms with van der Waals surface area (Å²) in [7, 11) is 2.90. The molecule has 3 aromatic carbocycles. The number of carbonyl (C=O) groups is 20. The van der Waals surface area contributed by atoms with Gasteiger partial charge in [-0.1, -0.05) is 59.7 Å². The van der Waals surface area contributed by atoms with Crippen LogP contribution in [0.5, 0.6) is 17.2 Å². The van der Waals surface area contributed by atoms with Crippen LogP contribution in [0, 0.1) is 11.3 Å². The number of Topliss-reactive ketones (excluding diaryl/α,β-unsaturated/α-hetero) is 2. The van der Waals surface area contributed by atoms with E-state index in [9.17, 15) is 142 Å². The molecule has 0 spiro atoms. The van der Waals surface area contributed by atoms with Crippen LogP contribution in [0.25, 0.3) is 0 Å². The van der Waals surface area contributed by atoms with Crippen molar-refractivity contribution in [2.75, 3.05) is 56.7 Å². The van der Waals surface area contributed by atoms with Crippen LogP contribution >= 0.6 is 21.6 Å². The standard InChI is InChI=1S/C78H102N16O33S2/c1-32(2)62(94-71(117)42(16-17-53(101)102)90-73(119)44(20-55(105)106)88-52(100)27-83-51(99)26-85-70(116)46(92-68(114)40(79)19-54(103)104)30-128-129-31-47(86-35(5)97)74(120)89-41(10-8-18-82-76(80)81)69(115)84-25-33(3)96)75(121)91-45(21-56(107)108)72(118)87-37-14-12-36(13-15-37)29-125-77(122)93-43-22-57(126-34(4)63(43)109)127-49-24-78(123,50(98)28-95)23-39-59(49)67(113)61-60(65(39)111)64(110)38-9-7-11-48(124-6)58(38)66(61)112/h7,9,11-15,32,34,40-47,49,57,62-63,95,109,111,113,123H,8,10,16-31,79H2,1-6H3,(H,83,99)(H,84,115)(H,85,116)(H,86,97)(H,87,118)(H,88,100)(H,89,120)(H,90,119)(H,91,121)(H,92,114)(H,93,122)(H,94,117)(H,101,102)(H,103,104)(H,105,106)(H,107,108)(H4,80,81,82)/t34-,40-,41-,42-,43-,44-,45-,46-,47-,49-,57-,62-,63+,78-/m0/s1. The summed E-state index contributed by atoms with van der Waals surface area (Å²) in [6.07, 6.45) is -13.4. The number of hydrogen-bond acceptors (Lipinski definition) is 33. The molecule has 0 saturated carbocycles. The average molecular weight is 1860 g/mol. The minimum Gasteiger partial charge on any atom is -0.507 e. The summed E-state index contributed by atoms with van der Waals surface area (Å²) < 4.78 is 22.9. The van der Waals surface area contributed by atoms with E-state index < -0.39 is 315 Å². The maximum absolute atomic E-state index is 14.2. The Bertz CT molecular complexity index is 4790. The van der Waals surface area contributed by atoms with Crippen LogP contribution in [-0.2, 0) is 109 Å². The number of methoxy groups -OCH3 is 1. The van der Waals surface area contributed by atoms with Crippen molar-refractivity contribution in [2.45, 2.75) is 190 Å². The van der Waals surface area contributed by atoms with Crippen molar-refractivity contribution in [1.82, 2.24) is 63.8 Å². The number of ketones is 4. The lowest BCUT2D eigenvalue weighted by atomic mass is 9.72. The number of phenolic OH excluding ortho intramolecular Hbond substituents is 2. The van der Waals surface area contributed by atoms with Crippen molar-refractivity contribution in [3.8, 4) is 17.2 Å². The zero-order valence-corrected chi connectivity index (χ0v) is 71.8. The van der Waals surface area contributed by atoms with Crippen LogP contribution in [0.2, 0.25) is 0 Å². The van der Waals surface area contributed by atoms with Crippen molar-refractivity contribution in [3.63, 3.8) is 0 Å². The number of aromatic hydroxyl groups is 2. The number of ether oxygens (including phenoxy) is 4. The van der Waals surface area contributed by atoms with Gasteiger partial charge in [0.1, 0.15) is 90.2 Å². The number of fused-ring (bicyclic) bond motifs is 3. The van der Waals surface area contributed by atoms with Gasteiger partial charge in [0.05, 0.1) is 87.0 Å². The van der Waals surface area contributed by atoms with Crippen LogP contribution in [0.4, 0.5) is 10.5 Å². The Labute approximate surface area is 740 Å². The van der Waals surface area contributed by atoms with Gasteiger partial charge in [0.15, 0.2) is 23.8 Å². The molecule has 49 nitrogen and oxygen atoms in total. The second-order valence-electron chi connectivity index (χ2n) is 30.2. The summed E-state index contributed by atoms with van der Waals surface area (Å²) in [6.45, 7) is 2.48. The number of aliphatic hydroxyl groups is 3. The molecule has 14 atom stereocenters. The lowest BCUT2D eigenvalue weighted by molar-refractivity contribution is -0.249. The van der Waals surface area contributed by atoms with E-state index in [1.165, 1.54) is 77.3 Å². The number of carboxylic acids is 4. The number of aliphatic carboxylic acids is 4. The molecule has 0 unspecified atom stereocenters. The van der Waals surface area contributed by atoms with Crippen molar-refractivity contribution < 1.29 is 161 Å². The Hall–Kier alpha value is -13.2. The van der Waals surface area contributed by atoms with Crippen LogP contribution in [-0.4, -0.2) is 300 Å². The molecule has 27 N–H and O–H groups in total. The van der Waals surface area contributed by atoms with E-state index in [1.54, 1.807) is 0 Å². The summed E-state index contributed by atoms with van der Waals surface area (Å²) in [5.41, 5.74) is 6.38. The Morgan fingerprint density at radius 3 is 1.77 bits per heavy atom. The molecule has 0 aromatic heterocycles. The SMILES string of the molecule is COc1cccc2c1C(=O)c1c(O)c3c(c(O)c1C2=O)C[C@@](O)(C(=O)CO)C[C@@H]3O[C@H]1C[C@H](NC(=O)OCc2ccc(NC(=O)[C@H](CC(=O)O)NC(=O)[C@@H](NC(=O)[C@H](CCC(=O)O)NC(=O)[C@H](CC(=O)O)NC(=O)CNC(=O)CNC(=O)[C@H](CSSC[C@H](NC(C)=O)C(=O)N[C@@H](CCCNC(=N)N)C(=O)NCC(C)=O)NC(=O)[C@@H](N)CC(=O)O)C(C)C)cc2)[C@H](O)[C@H](C)O1. The first kappa shape index (κ1) is 105. The van der Waals surface area contributed by atoms with Crippen molar-refractivity contribution in [2.24, 2.45) is 17.4 Å². The maximum atomic E-state index is 14.2. The van der Waals surface area contributed by atoms with E-state index in [0.717, 1.165) is 28.5 Å². The molecule has 0 radical (unpaired) electrons. The lowest BCUT2D eigenvalue weighted by Gasteiger charge is -2.42. The predicted octanol–water partition coefficient (Wildman–Crippen LogP) is -5.82. The molecule has 3 aliphatic rings. The van der Waals surface area contributed by atoms with Gasteiger partial charge in [-0.25, -0.2) is 4.79 Å². The van der Waals surface area contributed by atoms with E-state index in [-0.39, 0.29) is 76.9 Å². The van der Waals surface area contributed by atoms with E-state index >= 15 is 0 Å². The molecule has 0 bridgehead atoms. The summed E-state index contributed by atoms with van der Waals surface area (Å²) in [6, 6.07) is -5.50. The Morgan fingerprint density at radius 1 is 0.628 bits per heavy atom. The number of nitrogens with two attached hydrogens (primary N) is 2. The van der Waals surface area contributed by atoms with Gasteiger partial charge >= 0.3 is 30.0 Å². The summed E-state index contributed by atoms with van der Waals surface area (Å²) in [4.78, 5) is 261. The first-order valence-electron chi connectivity index (χ1n) is 39.6. The van der Waals surface area contributed by atoms with E-state index in [2.05, 4.69) is 63.8 Å². The van der Waals surface area contributed by atoms with Gasteiger partial charge in [0.25, 0.3) is 0 Å². The van der Waals surface area contributed by atoms with E-state index in [0.29, 0.717) is 0 Å². The molecule has 704 valence electrons. The molecule has 1 aliphatic heterocycles. The lowest BCUT2D eigenvalue weighted by Crippen LogP contribution is -2.59. The molecule has 6 rings (SSSR count). The molecule has 12 amide bonds. The van der Waals surface area contributed by atoms with Crippen LogP contribution in [0.3, 0.4) is 0 Å². The number of benzene rings is 3. The van der Waals surface area contributed by atoms with Crippen molar-refractivity contribution >= 4 is 151 Å². The fraction of sp³-hybridized carbons (Fsp3) is 0.500. The van der Waals surface area contributed by atoms with Gasteiger partial charge in [-0.15, -0.1) is 0 Å². The van der Waals surface area contributed by atoms with E-state index in [1.807, 2.05) is 5.32 Å². The summed E-state index contributed by atoms with van der Waals surface area (Å²) in [5, 5.41) is 132. The molecule has 3 aromatic rings. The van der Waals surface area contributed by atoms with Gasteiger partial charge in [-0.2, -0.15) is 0 Å². The third kappa shape index (κ3) is 30.8. The number of anilines is 1. The average Bonchev–Trinajstić information content (AvgIpc) is 0.708. The number of alkyl carbamates (subject to hydrolysis) is 1. The highest BCUT2D eigenvalue weighted by atomic mass is 33.1. The Morgan fingerprint density at radius 2 is 1.19 bits per heavy atom. The third-order valence-electron chi connectivity index (χ3n) is 19.8. The quantitative estimate of drug-likeness (QED) is 0.00644. The van der Waals surface area contributed by atoms with Crippen molar-refractivity contribution in [1.29, 1.82) is 5.41 Å². The van der Waals surface area contributed by atoms with Gasteiger partial charge in [-0.3, -0.25) is 96.5 Å². The molecule has 1 saturated heterocycles. The van der Waals surface area contributed by atoms with Gasteiger partial charge in [0, 0.05) is 73.0 Å². The van der Waals surface area contributed by atoms with Crippen molar-refractivity contribution in [3.05, 3.63) is 81.4 Å². The molecular formula is C78H102N16O33S2. The van der Waals surface area contributed by atoms with E-state index in [4.69, 9.17) is 35.8 Å². The summed E-state index contributed by atoms with van der Waals surface area (Å²) >= 11 is 0. The molecule has 51 heteroatoms. The number of amides is 12. The Balaban J connectivity index is 1.04. The minimum atomic E-state index is -2.50. The highest BCUT2D eigenvalue weighted by Crippen LogP contribution is 2.53. The number of phenols is 2. The fourth-order valence-electron chi connectivity index (χ4n) is 13.3. The number of rotatable bonds is 49. The monoisotopic (exact) mass is 1850 g/mol. The minimum absolute atomic E-state index is 0.0186. The number of aliphatic hydroxyl groups excluding tert-OH is 2. The van der Waals surface area contributed by atoms with Crippen LogP contribution < -0.4 is 85.3 Å². The second-order valence-corrected chi connectivity index (χ2v) is 32.7. The highest BCUT2D eigenvalue weighted by molar-refractivity contribution is 8.76. The van der Waals surface area contributed by atoms with Crippen LogP contribution in [0.15, 0.2) is 42.5 Å². The normalized spacial score (nSPS) is 18.4. The number of hydrogen-bond donors (Lipinski definition) is 25. The number of carbonyl (C=O) groups excluding carboxylic acids is 16. The first-order chi connectivity index (χ1) is 60.7. The molecule has 2 aliphatic carbocycles. The fourth-order valence-corrected chi connectivity index (χ4v) is 15.7. The highest BCUT2D eigenvalue weighted by Gasteiger charge is 2.51.